The maximum Gasteiger partial charge on any atom is 0.158 e. The van der Waals surface area contributed by atoms with Crippen molar-refractivity contribution in [2.75, 3.05) is 0 Å². The van der Waals surface area contributed by atoms with Crippen LogP contribution in [0.4, 0.5) is 0 Å². The molecule has 2 rings (SSSR count). The highest BCUT2D eigenvalue weighted by Crippen LogP contribution is 2.38. The first-order chi connectivity index (χ1) is 6.22. The molecule has 0 heterocycles. The van der Waals surface area contributed by atoms with Crippen molar-refractivity contribution in [3.8, 4) is 11.5 Å². The van der Waals surface area contributed by atoms with Gasteiger partial charge in [0.2, 0.25) is 0 Å². The monoisotopic (exact) mass is 176 g/mol. The zero-order valence-corrected chi connectivity index (χ0v) is 7.49. The van der Waals surface area contributed by atoms with E-state index < -0.39 is 0 Å². The van der Waals surface area contributed by atoms with Gasteiger partial charge in [-0.2, -0.15) is 0 Å². The molecule has 0 saturated heterocycles. The number of rotatable bonds is 1. The van der Waals surface area contributed by atoms with Crippen LogP contribution in [0.15, 0.2) is 18.2 Å². The number of phenolic OH excluding ortho intramolecular Hbond substituents is 2. The molecule has 0 aliphatic heterocycles. The molecule has 0 fully saturated rings. The van der Waals surface area contributed by atoms with E-state index in [-0.39, 0.29) is 11.5 Å². The third kappa shape index (κ3) is 1.18. The molecular weight excluding hydrogens is 164 g/mol. The molecule has 2 heteroatoms. The molecule has 1 aromatic carbocycles. The summed E-state index contributed by atoms with van der Waals surface area (Å²) < 4.78 is 0. The van der Waals surface area contributed by atoms with Crippen LogP contribution in [0.3, 0.4) is 0 Å². The van der Waals surface area contributed by atoms with Crippen molar-refractivity contribution in [3.63, 3.8) is 0 Å². The summed E-state index contributed by atoms with van der Waals surface area (Å²) in [6, 6.07) is 3.26. The van der Waals surface area contributed by atoms with E-state index in [0.29, 0.717) is 5.92 Å². The third-order valence-electron chi connectivity index (χ3n) is 2.53. The van der Waals surface area contributed by atoms with E-state index >= 15 is 0 Å². The van der Waals surface area contributed by atoms with Crippen LogP contribution in [-0.4, -0.2) is 10.2 Å². The molecule has 2 N–H and O–H groups in total. The number of hydrogen-bond donors (Lipinski definition) is 2. The highest BCUT2D eigenvalue weighted by atomic mass is 16.3. The second-order valence-electron chi connectivity index (χ2n) is 3.34. The van der Waals surface area contributed by atoms with Crippen molar-refractivity contribution < 1.29 is 10.2 Å². The molecule has 2 nitrogen and oxygen atoms in total. The van der Waals surface area contributed by atoms with Gasteiger partial charge in [0.1, 0.15) is 0 Å². The molecule has 0 aromatic heterocycles. The standard InChI is InChI=1S/C11H12O2/c1-2-7-3-4-8-5-10(12)11(13)6-9(7)8/h3-7,12-13H,2H2,1H3. The molecule has 1 aliphatic rings. The number of fused-ring (bicyclic) bond motifs is 1. The summed E-state index contributed by atoms with van der Waals surface area (Å²) >= 11 is 0. The minimum Gasteiger partial charge on any atom is -0.504 e. The Kier molecular flexibility index (Phi) is 1.76. The van der Waals surface area contributed by atoms with Gasteiger partial charge in [0, 0.05) is 5.92 Å². The molecule has 1 aliphatic carbocycles. The molecule has 0 spiro atoms. The van der Waals surface area contributed by atoms with Gasteiger partial charge < -0.3 is 10.2 Å². The van der Waals surface area contributed by atoms with Crippen LogP contribution < -0.4 is 0 Å². The number of phenols is 2. The molecule has 68 valence electrons. The van der Waals surface area contributed by atoms with Gasteiger partial charge in [0.25, 0.3) is 0 Å². The van der Waals surface area contributed by atoms with Crippen LogP contribution in [-0.2, 0) is 0 Å². The van der Waals surface area contributed by atoms with Crippen LogP contribution >= 0.6 is 0 Å². The SMILES string of the molecule is CCC1C=Cc2cc(O)c(O)cc21. The largest absolute Gasteiger partial charge is 0.504 e. The number of benzene rings is 1. The van der Waals surface area contributed by atoms with Crippen molar-refractivity contribution in [1.29, 1.82) is 0 Å². The third-order valence-corrected chi connectivity index (χ3v) is 2.53. The van der Waals surface area contributed by atoms with Crippen molar-refractivity contribution in [1.82, 2.24) is 0 Å². The van der Waals surface area contributed by atoms with E-state index in [9.17, 15) is 10.2 Å². The van der Waals surface area contributed by atoms with Gasteiger partial charge in [0.15, 0.2) is 11.5 Å². The number of allylic oxidation sites excluding steroid dienone is 1. The van der Waals surface area contributed by atoms with E-state index in [1.54, 1.807) is 12.1 Å². The van der Waals surface area contributed by atoms with Crippen LogP contribution in [0.5, 0.6) is 11.5 Å². The fraction of sp³-hybridized carbons (Fsp3) is 0.273. The fourth-order valence-electron chi connectivity index (χ4n) is 1.75. The van der Waals surface area contributed by atoms with Crippen LogP contribution in [0, 0.1) is 0 Å². The summed E-state index contributed by atoms with van der Waals surface area (Å²) in [6.45, 7) is 2.11. The first-order valence-corrected chi connectivity index (χ1v) is 4.46. The lowest BCUT2D eigenvalue weighted by Crippen LogP contribution is -1.90. The molecule has 0 radical (unpaired) electrons. The van der Waals surface area contributed by atoms with Crippen LogP contribution in [0.25, 0.3) is 6.08 Å². The smallest absolute Gasteiger partial charge is 0.158 e. The Bertz CT molecular complexity index is 367. The Labute approximate surface area is 77.1 Å². The summed E-state index contributed by atoms with van der Waals surface area (Å²) in [5.74, 6) is 0.322. The average Bonchev–Trinajstić information content (AvgIpc) is 2.48. The van der Waals surface area contributed by atoms with E-state index in [4.69, 9.17) is 0 Å². The lowest BCUT2D eigenvalue weighted by atomic mass is 9.98. The van der Waals surface area contributed by atoms with Crippen LogP contribution in [0.2, 0.25) is 0 Å². The Morgan fingerprint density at radius 1 is 1.23 bits per heavy atom. The van der Waals surface area contributed by atoms with Gasteiger partial charge in [-0.25, -0.2) is 0 Å². The number of aromatic hydroxyl groups is 2. The lowest BCUT2D eigenvalue weighted by molar-refractivity contribution is 0.403. The van der Waals surface area contributed by atoms with E-state index in [1.807, 2.05) is 6.08 Å². The second kappa shape index (κ2) is 2.80. The molecule has 1 aromatic rings. The highest BCUT2D eigenvalue weighted by Gasteiger charge is 2.17. The maximum absolute atomic E-state index is 9.32. The summed E-state index contributed by atoms with van der Waals surface area (Å²) in [6.07, 6.45) is 5.11. The molecule has 0 amide bonds. The van der Waals surface area contributed by atoms with E-state index in [0.717, 1.165) is 17.5 Å². The van der Waals surface area contributed by atoms with E-state index in [1.165, 1.54) is 0 Å². The quantitative estimate of drug-likeness (QED) is 0.646. The van der Waals surface area contributed by atoms with Gasteiger partial charge >= 0.3 is 0 Å². The predicted octanol–water partition coefficient (Wildman–Crippen LogP) is 2.62. The van der Waals surface area contributed by atoms with Gasteiger partial charge in [0.05, 0.1) is 0 Å². The van der Waals surface area contributed by atoms with Crippen molar-refractivity contribution in [2.24, 2.45) is 0 Å². The molecule has 0 saturated carbocycles. The van der Waals surface area contributed by atoms with Crippen molar-refractivity contribution in [3.05, 3.63) is 29.3 Å². The number of hydrogen-bond acceptors (Lipinski definition) is 2. The van der Waals surface area contributed by atoms with Gasteiger partial charge in [-0.3, -0.25) is 0 Å². The molecule has 1 unspecified atom stereocenters. The molecule has 13 heavy (non-hydrogen) atoms. The highest BCUT2D eigenvalue weighted by molar-refractivity contribution is 5.66. The summed E-state index contributed by atoms with van der Waals surface area (Å²) in [5, 5.41) is 18.6. The summed E-state index contributed by atoms with van der Waals surface area (Å²) in [4.78, 5) is 0. The lowest BCUT2D eigenvalue weighted by Gasteiger charge is -2.08. The minimum atomic E-state index is -0.0415. The Morgan fingerprint density at radius 2 is 1.92 bits per heavy atom. The Hall–Kier alpha value is -1.44. The topological polar surface area (TPSA) is 40.5 Å². The summed E-state index contributed by atoms with van der Waals surface area (Å²) in [7, 11) is 0. The predicted molar refractivity (Wildman–Crippen MR) is 51.8 cm³/mol. The Morgan fingerprint density at radius 3 is 2.62 bits per heavy atom. The van der Waals surface area contributed by atoms with Gasteiger partial charge in [-0.05, 0) is 29.7 Å². The first-order valence-electron chi connectivity index (χ1n) is 4.46. The summed E-state index contributed by atoms with van der Waals surface area (Å²) in [5.41, 5.74) is 2.12. The first kappa shape index (κ1) is 8.17. The van der Waals surface area contributed by atoms with E-state index in [2.05, 4.69) is 13.0 Å². The van der Waals surface area contributed by atoms with Gasteiger partial charge in [-0.1, -0.05) is 19.1 Å². The minimum absolute atomic E-state index is 0.0269. The average molecular weight is 176 g/mol. The molecular formula is C11H12O2. The van der Waals surface area contributed by atoms with Crippen molar-refractivity contribution in [2.45, 2.75) is 19.3 Å². The maximum atomic E-state index is 9.32. The zero-order chi connectivity index (χ0) is 9.42. The zero-order valence-electron chi connectivity index (χ0n) is 7.49. The normalized spacial score (nSPS) is 19.0. The second-order valence-corrected chi connectivity index (χ2v) is 3.34. The van der Waals surface area contributed by atoms with Gasteiger partial charge in [-0.15, -0.1) is 0 Å². The molecule has 0 bridgehead atoms. The fourth-order valence-corrected chi connectivity index (χ4v) is 1.75. The van der Waals surface area contributed by atoms with Crippen LogP contribution in [0.1, 0.15) is 30.4 Å². The van der Waals surface area contributed by atoms with Crippen molar-refractivity contribution >= 4 is 6.08 Å². The molecule has 1 atom stereocenters. The Balaban J connectivity index is 2.52.